The molecule has 0 unspecified atom stereocenters. The Morgan fingerprint density at radius 3 is 2.58 bits per heavy atom. The maximum atomic E-state index is 12.5. The molecule has 2 fully saturated rings. The molecule has 26 heavy (non-hydrogen) atoms. The molecule has 6 heteroatoms. The second kappa shape index (κ2) is 7.76. The predicted molar refractivity (Wildman–Crippen MR) is 101 cm³/mol. The summed E-state index contributed by atoms with van der Waals surface area (Å²) in [5.41, 5.74) is 0.837. The molecule has 1 aromatic heterocycles. The molecule has 0 bridgehead atoms. The number of rotatable bonds is 5. The molecule has 4 rings (SSSR count). The van der Waals surface area contributed by atoms with Gasteiger partial charge in [-0.1, -0.05) is 18.2 Å². The minimum Gasteiger partial charge on any atom is -0.381 e. The van der Waals surface area contributed by atoms with Crippen molar-refractivity contribution in [1.82, 2.24) is 19.2 Å². The van der Waals surface area contributed by atoms with Crippen LogP contribution in [0.3, 0.4) is 0 Å². The number of para-hydroxylation sites is 1. The minimum absolute atomic E-state index is 0.0649. The van der Waals surface area contributed by atoms with Gasteiger partial charge in [-0.05, 0) is 56.3 Å². The van der Waals surface area contributed by atoms with Gasteiger partial charge in [0.15, 0.2) is 0 Å². The van der Waals surface area contributed by atoms with Crippen LogP contribution < -0.4 is 5.69 Å². The summed E-state index contributed by atoms with van der Waals surface area (Å²) in [6, 6.07) is 9.83. The smallest absolute Gasteiger partial charge is 0.350 e. The number of aromatic nitrogens is 3. The van der Waals surface area contributed by atoms with E-state index in [0.717, 1.165) is 44.2 Å². The molecule has 6 nitrogen and oxygen atoms in total. The number of ether oxygens (including phenoxy) is 1. The van der Waals surface area contributed by atoms with Gasteiger partial charge in [0.25, 0.3) is 0 Å². The summed E-state index contributed by atoms with van der Waals surface area (Å²) in [5, 5.41) is 4.52. The van der Waals surface area contributed by atoms with Gasteiger partial charge in [-0.3, -0.25) is 0 Å². The summed E-state index contributed by atoms with van der Waals surface area (Å²) in [4.78, 5) is 15.1. The first-order chi connectivity index (χ1) is 12.7. The highest BCUT2D eigenvalue weighted by molar-refractivity contribution is 5.32. The van der Waals surface area contributed by atoms with Crippen molar-refractivity contribution < 1.29 is 4.74 Å². The lowest BCUT2D eigenvalue weighted by Gasteiger charge is -2.33. The molecule has 0 saturated carbocycles. The van der Waals surface area contributed by atoms with E-state index < -0.39 is 0 Å². The Hall–Kier alpha value is -1.92. The Morgan fingerprint density at radius 1 is 1.12 bits per heavy atom. The average molecular weight is 356 g/mol. The number of aryl methyl sites for hydroxylation is 1. The lowest BCUT2D eigenvalue weighted by Crippen LogP contribution is -2.38. The lowest BCUT2D eigenvalue weighted by atomic mass is 9.92. The van der Waals surface area contributed by atoms with E-state index in [4.69, 9.17) is 4.74 Å². The highest BCUT2D eigenvalue weighted by Crippen LogP contribution is 2.23. The van der Waals surface area contributed by atoms with Gasteiger partial charge in [0, 0.05) is 26.6 Å². The molecular weight excluding hydrogens is 328 g/mol. The molecule has 2 aromatic rings. The Labute approximate surface area is 154 Å². The van der Waals surface area contributed by atoms with E-state index in [-0.39, 0.29) is 5.69 Å². The molecule has 140 valence electrons. The van der Waals surface area contributed by atoms with Gasteiger partial charge in [-0.15, -0.1) is 0 Å². The van der Waals surface area contributed by atoms with Gasteiger partial charge in [-0.2, -0.15) is 5.10 Å². The number of likely N-dealkylation sites (tertiary alicyclic amines) is 1. The summed E-state index contributed by atoms with van der Waals surface area (Å²) >= 11 is 0. The van der Waals surface area contributed by atoms with Crippen molar-refractivity contribution in [2.75, 3.05) is 32.8 Å². The Morgan fingerprint density at radius 2 is 1.88 bits per heavy atom. The van der Waals surface area contributed by atoms with Crippen LogP contribution in [0.15, 0.2) is 35.1 Å². The van der Waals surface area contributed by atoms with E-state index in [1.807, 2.05) is 30.3 Å². The molecule has 0 N–H and O–H groups in total. The number of hydrogen-bond acceptors (Lipinski definition) is 4. The second-order valence-electron chi connectivity index (χ2n) is 7.67. The van der Waals surface area contributed by atoms with Crippen molar-refractivity contribution in [3.8, 4) is 5.69 Å². The number of hydrogen-bond donors (Lipinski definition) is 0. The van der Waals surface area contributed by atoms with Crippen molar-refractivity contribution in [2.24, 2.45) is 18.9 Å². The maximum absolute atomic E-state index is 12.5. The van der Waals surface area contributed by atoms with Crippen LogP contribution in [0.4, 0.5) is 0 Å². The van der Waals surface area contributed by atoms with Crippen molar-refractivity contribution in [1.29, 1.82) is 0 Å². The van der Waals surface area contributed by atoms with E-state index >= 15 is 0 Å². The first-order valence-electron chi connectivity index (χ1n) is 9.71. The van der Waals surface area contributed by atoms with E-state index in [9.17, 15) is 4.79 Å². The van der Waals surface area contributed by atoms with Crippen LogP contribution in [0.25, 0.3) is 5.69 Å². The molecule has 0 radical (unpaired) electrons. The number of benzene rings is 1. The first kappa shape index (κ1) is 17.5. The third-order valence-electron chi connectivity index (χ3n) is 5.72. The fourth-order valence-electron chi connectivity index (χ4n) is 4.21. The summed E-state index contributed by atoms with van der Waals surface area (Å²) < 4.78 is 8.72. The van der Waals surface area contributed by atoms with Crippen molar-refractivity contribution >= 4 is 0 Å². The van der Waals surface area contributed by atoms with Crippen LogP contribution in [0.1, 0.15) is 25.1 Å². The van der Waals surface area contributed by atoms with Crippen LogP contribution in [0.2, 0.25) is 0 Å². The SMILES string of the molecule is Cn1nc(CC2CCN(C[C@@H]3CCOC3)CC2)n(-c2ccccc2)c1=O. The zero-order chi connectivity index (χ0) is 17.9. The average Bonchev–Trinajstić information content (AvgIpc) is 3.26. The van der Waals surface area contributed by atoms with E-state index in [1.165, 1.54) is 30.5 Å². The summed E-state index contributed by atoms with van der Waals surface area (Å²) in [5.74, 6) is 2.19. The Kier molecular flexibility index (Phi) is 5.22. The monoisotopic (exact) mass is 356 g/mol. The number of piperidine rings is 1. The van der Waals surface area contributed by atoms with Gasteiger partial charge >= 0.3 is 5.69 Å². The standard InChI is InChI=1S/C20H28N4O2/c1-22-20(25)24(18-5-3-2-4-6-18)19(21-22)13-16-7-10-23(11-8-16)14-17-9-12-26-15-17/h2-6,16-17H,7-15H2,1H3/t17-/m0/s1. The summed E-state index contributed by atoms with van der Waals surface area (Å²) in [6.45, 7) is 5.31. The van der Waals surface area contributed by atoms with Crippen LogP contribution in [0, 0.1) is 11.8 Å². The highest BCUT2D eigenvalue weighted by Gasteiger charge is 2.25. The molecule has 3 heterocycles. The van der Waals surface area contributed by atoms with Crippen LogP contribution >= 0.6 is 0 Å². The largest absolute Gasteiger partial charge is 0.381 e. The third kappa shape index (κ3) is 3.76. The fourth-order valence-corrected chi connectivity index (χ4v) is 4.21. The zero-order valence-corrected chi connectivity index (χ0v) is 15.5. The van der Waals surface area contributed by atoms with Gasteiger partial charge in [0.2, 0.25) is 0 Å². The van der Waals surface area contributed by atoms with E-state index in [0.29, 0.717) is 11.8 Å². The van der Waals surface area contributed by atoms with Crippen molar-refractivity contribution in [3.63, 3.8) is 0 Å². The molecular formula is C20H28N4O2. The quantitative estimate of drug-likeness (QED) is 0.821. The third-order valence-corrected chi connectivity index (χ3v) is 5.72. The second-order valence-corrected chi connectivity index (χ2v) is 7.67. The molecule has 0 aliphatic carbocycles. The van der Waals surface area contributed by atoms with E-state index in [2.05, 4.69) is 10.00 Å². The van der Waals surface area contributed by atoms with Crippen LogP contribution in [-0.4, -0.2) is 52.1 Å². The van der Waals surface area contributed by atoms with Crippen LogP contribution in [-0.2, 0) is 18.2 Å². The van der Waals surface area contributed by atoms with E-state index in [1.54, 1.807) is 11.6 Å². The highest BCUT2D eigenvalue weighted by atomic mass is 16.5. The molecule has 1 aromatic carbocycles. The molecule has 1 atom stereocenters. The van der Waals surface area contributed by atoms with Gasteiger partial charge in [0.1, 0.15) is 5.82 Å². The molecule has 0 amide bonds. The maximum Gasteiger partial charge on any atom is 0.350 e. The molecule has 2 aliphatic heterocycles. The van der Waals surface area contributed by atoms with Crippen molar-refractivity contribution in [3.05, 3.63) is 46.6 Å². The lowest BCUT2D eigenvalue weighted by molar-refractivity contribution is 0.140. The minimum atomic E-state index is -0.0649. The Bertz CT molecular complexity index is 769. The normalized spacial score (nSPS) is 22.1. The number of nitrogens with zero attached hydrogens (tertiary/aromatic N) is 4. The van der Waals surface area contributed by atoms with Crippen molar-refractivity contribution in [2.45, 2.75) is 25.7 Å². The van der Waals surface area contributed by atoms with Gasteiger partial charge < -0.3 is 9.64 Å². The molecule has 2 saturated heterocycles. The summed E-state index contributed by atoms with van der Waals surface area (Å²) in [6.07, 6.45) is 4.42. The Balaban J connectivity index is 1.41. The first-order valence-corrected chi connectivity index (χ1v) is 9.71. The van der Waals surface area contributed by atoms with Crippen LogP contribution in [0.5, 0.6) is 0 Å². The molecule has 0 spiro atoms. The fraction of sp³-hybridized carbons (Fsp3) is 0.600. The summed E-state index contributed by atoms with van der Waals surface area (Å²) in [7, 11) is 1.73. The zero-order valence-electron chi connectivity index (χ0n) is 15.5. The van der Waals surface area contributed by atoms with Gasteiger partial charge in [-0.25, -0.2) is 14.0 Å². The molecule has 2 aliphatic rings. The predicted octanol–water partition coefficient (Wildman–Crippen LogP) is 1.86. The topological polar surface area (TPSA) is 52.3 Å². The van der Waals surface area contributed by atoms with Gasteiger partial charge in [0.05, 0.1) is 12.3 Å².